The van der Waals surface area contributed by atoms with E-state index in [4.69, 9.17) is 4.74 Å². The summed E-state index contributed by atoms with van der Waals surface area (Å²) >= 11 is 0. The van der Waals surface area contributed by atoms with Crippen molar-refractivity contribution in [1.29, 1.82) is 0 Å². The number of aromatic nitrogens is 3. The maximum atomic E-state index is 5.87. The van der Waals surface area contributed by atoms with E-state index < -0.39 is 0 Å². The van der Waals surface area contributed by atoms with Gasteiger partial charge in [0, 0.05) is 31.2 Å². The van der Waals surface area contributed by atoms with Gasteiger partial charge in [0.2, 0.25) is 0 Å². The zero-order chi connectivity index (χ0) is 17.2. The molecule has 0 radical (unpaired) electrons. The van der Waals surface area contributed by atoms with Crippen LogP contribution in [0.1, 0.15) is 37.0 Å². The monoisotopic (exact) mass is 333 g/mol. The lowest BCUT2D eigenvalue weighted by molar-refractivity contribution is 0.104. The van der Waals surface area contributed by atoms with Crippen LogP contribution in [-0.2, 0) is 17.7 Å². The molecule has 2 aromatic carbocycles. The van der Waals surface area contributed by atoms with Crippen molar-refractivity contribution < 1.29 is 4.74 Å². The second-order valence-electron chi connectivity index (χ2n) is 6.54. The van der Waals surface area contributed by atoms with Crippen LogP contribution < -0.4 is 0 Å². The highest BCUT2D eigenvalue weighted by Gasteiger charge is 2.27. The first-order valence-electron chi connectivity index (χ1n) is 8.97. The summed E-state index contributed by atoms with van der Waals surface area (Å²) in [6.45, 7) is 3.08. The molecule has 1 atom stereocenters. The van der Waals surface area contributed by atoms with Gasteiger partial charge in [0.15, 0.2) is 0 Å². The molecule has 0 saturated carbocycles. The van der Waals surface area contributed by atoms with Crippen LogP contribution in [0.15, 0.2) is 48.5 Å². The minimum atomic E-state index is 0.0278. The van der Waals surface area contributed by atoms with E-state index in [1.165, 1.54) is 16.7 Å². The average Bonchev–Trinajstić information content (AvgIpc) is 3.06. The SMILES string of the molecule is CCCCn1nnc2c1-c1ccccc1C(OC)Cc1ccccc1-2. The Hall–Kier alpha value is -2.46. The van der Waals surface area contributed by atoms with Crippen LogP contribution >= 0.6 is 0 Å². The van der Waals surface area contributed by atoms with Gasteiger partial charge in [0.05, 0.1) is 11.8 Å². The second kappa shape index (κ2) is 6.81. The molecule has 0 spiro atoms. The van der Waals surface area contributed by atoms with Crippen molar-refractivity contribution in [1.82, 2.24) is 15.0 Å². The largest absolute Gasteiger partial charge is 0.376 e. The molecular formula is C21H23N3O. The molecule has 0 saturated heterocycles. The fraction of sp³-hybridized carbons (Fsp3) is 0.333. The molecule has 25 heavy (non-hydrogen) atoms. The maximum Gasteiger partial charge on any atom is 0.121 e. The molecule has 0 fully saturated rings. The number of fused-ring (bicyclic) bond motifs is 5. The molecule has 3 aromatic rings. The predicted molar refractivity (Wildman–Crippen MR) is 99.3 cm³/mol. The number of hydrogen-bond donors (Lipinski definition) is 0. The van der Waals surface area contributed by atoms with Gasteiger partial charge in [-0.15, -0.1) is 5.10 Å². The fourth-order valence-electron chi connectivity index (χ4n) is 3.67. The van der Waals surface area contributed by atoms with E-state index >= 15 is 0 Å². The van der Waals surface area contributed by atoms with Gasteiger partial charge in [0.1, 0.15) is 5.69 Å². The molecule has 128 valence electrons. The Morgan fingerprint density at radius 3 is 2.64 bits per heavy atom. The van der Waals surface area contributed by atoms with E-state index in [1.807, 2.05) is 0 Å². The molecule has 0 bridgehead atoms. The molecule has 1 aliphatic rings. The second-order valence-corrected chi connectivity index (χ2v) is 6.54. The van der Waals surface area contributed by atoms with Crippen molar-refractivity contribution in [3.8, 4) is 22.5 Å². The third-order valence-electron chi connectivity index (χ3n) is 4.98. The Morgan fingerprint density at radius 2 is 1.84 bits per heavy atom. The van der Waals surface area contributed by atoms with Gasteiger partial charge >= 0.3 is 0 Å². The van der Waals surface area contributed by atoms with Gasteiger partial charge in [-0.3, -0.25) is 0 Å². The van der Waals surface area contributed by atoms with E-state index in [1.54, 1.807) is 7.11 Å². The Labute approximate surface area is 148 Å². The molecule has 4 heteroatoms. The number of unbranched alkanes of at least 4 members (excludes halogenated alkanes) is 1. The number of benzene rings is 2. The van der Waals surface area contributed by atoms with Crippen molar-refractivity contribution in [2.75, 3.05) is 7.11 Å². The average molecular weight is 333 g/mol. The third kappa shape index (κ3) is 2.76. The summed E-state index contributed by atoms with van der Waals surface area (Å²) in [4.78, 5) is 0. The first-order chi connectivity index (χ1) is 12.3. The summed E-state index contributed by atoms with van der Waals surface area (Å²) in [6.07, 6.45) is 3.09. The normalized spacial score (nSPS) is 15.7. The summed E-state index contributed by atoms with van der Waals surface area (Å²) < 4.78 is 7.93. The van der Waals surface area contributed by atoms with Crippen LogP contribution in [0.25, 0.3) is 22.5 Å². The maximum absolute atomic E-state index is 5.87. The molecule has 4 rings (SSSR count). The smallest absolute Gasteiger partial charge is 0.121 e. The summed E-state index contributed by atoms with van der Waals surface area (Å²) in [5.74, 6) is 0. The molecular weight excluding hydrogens is 310 g/mol. The lowest BCUT2D eigenvalue weighted by Gasteiger charge is -2.24. The third-order valence-corrected chi connectivity index (χ3v) is 4.98. The van der Waals surface area contributed by atoms with Gasteiger partial charge in [-0.1, -0.05) is 67.1 Å². The number of ether oxygens (including phenoxy) is 1. The summed E-state index contributed by atoms with van der Waals surface area (Å²) in [5, 5.41) is 9.07. The fourth-order valence-corrected chi connectivity index (χ4v) is 3.67. The van der Waals surface area contributed by atoms with Crippen molar-refractivity contribution >= 4 is 0 Å². The van der Waals surface area contributed by atoms with Gasteiger partial charge in [0.25, 0.3) is 0 Å². The Kier molecular flexibility index (Phi) is 4.36. The molecule has 0 amide bonds. The lowest BCUT2D eigenvalue weighted by atomic mass is 9.87. The van der Waals surface area contributed by atoms with Crippen LogP contribution in [0.4, 0.5) is 0 Å². The number of aryl methyl sites for hydroxylation is 1. The van der Waals surface area contributed by atoms with E-state index in [9.17, 15) is 0 Å². The standard InChI is InChI=1S/C21H23N3O/c1-3-4-13-24-21-18-12-8-7-11-17(18)19(25-2)14-15-9-5-6-10-16(15)20(21)22-23-24/h5-12,19H,3-4,13-14H2,1-2H3. The quantitative estimate of drug-likeness (QED) is 0.697. The first kappa shape index (κ1) is 16.0. The molecule has 0 aliphatic heterocycles. The van der Waals surface area contributed by atoms with E-state index in [0.717, 1.165) is 42.8 Å². The number of nitrogens with zero attached hydrogens (tertiary/aromatic N) is 3. The van der Waals surface area contributed by atoms with E-state index in [2.05, 4.69) is 70.4 Å². The molecule has 0 N–H and O–H groups in total. The molecule has 1 aliphatic carbocycles. The van der Waals surface area contributed by atoms with Crippen LogP contribution in [0, 0.1) is 0 Å². The summed E-state index contributed by atoms with van der Waals surface area (Å²) in [5.41, 5.74) is 6.90. The Morgan fingerprint density at radius 1 is 1.08 bits per heavy atom. The van der Waals surface area contributed by atoms with Crippen LogP contribution in [0.2, 0.25) is 0 Å². The Bertz CT molecular complexity index is 884. The number of rotatable bonds is 4. The highest BCUT2D eigenvalue weighted by atomic mass is 16.5. The van der Waals surface area contributed by atoms with E-state index in [-0.39, 0.29) is 6.10 Å². The minimum absolute atomic E-state index is 0.0278. The zero-order valence-corrected chi connectivity index (χ0v) is 14.8. The van der Waals surface area contributed by atoms with Crippen molar-refractivity contribution in [2.45, 2.75) is 38.8 Å². The van der Waals surface area contributed by atoms with Crippen molar-refractivity contribution in [3.63, 3.8) is 0 Å². The van der Waals surface area contributed by atoms with Gasteiger partial charge in [-0.25, -0.2) is 4.68 Å². The molecule has 1 heterocycles. The van der Waals surface area contributed by atoms with Gasteiger partial charge < -0.3 is 4.74 Å². The summed E-state index contributed by atoms with van der Waals surface area (Å²) in [7, 11) is 1.79. The van der Waals surface area contributed by atoms with Crippen molar-refractivity contribution in [2.24, 2.45) is 0 Å². The highest BCUT2D eigenvalue weighted by molar-refractivity contribution is 5.82. The minimum Gasteiger partial charge on any atom is -0.376 e. The number of hydrogen-bond acceptors (Lipinski definition) is 3. The number of methoxy groups -OCH3 is 1. The van der Waals surface area contributed by atoms with Crippen molar-refractivity contribution in [3.05, 3.63) is 59.7 Å². The van der Waals surface area contributed by atoms with Gasteiger partial charge in [-0.05, 0) is 17.5 Å². The Balaban J connectivity index is 2.00. The van der Waals surface area contributed by atoms with E-state index in [0.29, 0.717) is 0 Å². The summed E-state index contributed by atoms with van der Waals surface area (Å²) in [6, 6.07) is 17.0. The van der Waals surface area contributed by atoms with Gasteiger partial charge in [-0.2, -0.15) is 0 Å². The molecule has 1 unspecified atom stereocenters. The molecule has 4 nitrogen and oxygen atoms in total. The highest BCUT2D eigenvalue weighted by Crippen LogP contribution is 2.41. The lowest BCUT2D eigenvalue weighted by Crippen LogP contribution is -2.12. The zero-order valence-electron chi connectivity index (χ0n) is 14.8. The topological polar surface area (TPSA) is 39.9 Å². The first-order valence-corrected chi connectivity index (χ1v) is 8.97. The van der Waals surface area contributed by atoms with Crippen LogP contribution in [0.5, 0.6) is 0 Å². The van der Waals surface area contributed by atoms with Crippen LogP contribution in [0.3, 0.4) is 0 Å². The molecule has 1 aromatic heterocycles. The van der Waals surface area contributed by atoms with Crippen LogP contribution in [-0.4, -0.2) is 22.1 Å². The predicted octanol–water partition coefficient (Wildman–Crippen LogP) is 4.66.